The van der Waals surface area contributed by atoms with Crippen LogP contribution in [0, 0.1) is 6.92 Å². The van der Waals surface area contributed by atoms with Gasteiger partial charge >= 0.3 is 82.3 Å². The molecule has 0 aliphatic carbocycles. The van der Waals surface area contributed by atoms with Crippen molar-refractivity contribution in [3.8, 4) is 0 Å². The van der Waals surface area contributed by atoms with Crippen LogP contribution in [0.1, 0.15) is 31.2 Å². The summed E-state index contributed by atoms with van der Waals surface area (Å²) in [6, 6.07) is 0. The van der Waals surface area contributed by atoms with Crippen molar-refractivity contribution in [2.75, 3.05) is 0 Å². The number of hydrogen-bond donors (Lipinski definition) is 0. The summed E-state index contributed by atoms with van der Waals surface area (Å²) in [7, 11) is 0. The topological polar surface area (TPSA) is 51.0 Å². The van der Waals surface area contributed by atoms with Crippen LogP contribution < -0.4 is 0 Å². The monoisotopic (exact) mass is 333 g/mol. The molecule has 0 amide bonds. The first-order chi connectivity index (χ1) is 5.66. The molecule has 0 saturated carbocycles. The van der Waals surface area contributed by atoms with Gasteiger partial charge in [0, 0.05) is 0 Å². The van der Waals surface area contributed by atoms with Crippen LogP contribution in [0.2, 0.25) is 0 Å². The maximum absolute atomic E-state index is 4.15. The summed E-state index contributed by atoms with van der Waals surface area (Å²) in [5, 5.41) is 11.3. The molecule has 1 rings (SSSR count). The van der Waals surface area contributed by atoms with Crippen LogP contribution >= 0.6 is 0 Å². The fourth-order valence-corrected chi connectivity index (χ4v) is 1.57. The molecule has 0 radical (unpaired) electrons. The maximum atomic E-state index is 4.15. The third-order valence-electron chi connectivity index (χ3n) is 1.47. The minimum absolute atomic E-state index is 0.319. The molecule has 4 nitrogen and oxygen atoms in total. The van der Waals surface area contributed by atoms with E-state index < -0.39 is 0 Å². The van der Waals surface area contributed by atoms with Crippen molar-refractivity contribution in [2.45, 2.75) is 19.8 Å². The summed E-state index contributed by atoms with van der Waals surface area (Å²) in [6.45, 7) is 7.84. The van der Waals surface area contributed by atoms with E-state index in [0.29, 0.717) is 11.6 Å². The van der Waals surface area contributed by atoms with Gasteiger partial charge in [0.1, 0.15) is 0 Å². The van der Waals surface area contributed by atoms with E-state index in [4.69, 9.17) is 0 Å². The number of nitrogens with zero attached hydrogens (tertiary/aromatic N) is 4. The fourth-order valence-electron chi connectivity index (χ4n) is 0.855. The fraction of sp³-hybridized carbons (Fsp3) is 0.429. The van der Waals surface area contributed by atoms with Gasteiger partial charge in [-0.15, -0.1) is 0 Å². The van der Waals surface area contributed by atoms with Crippen LogP contribution in [0.4, 0.5) is 5.69 Å². The zero-order valence-electron chi connectivity index (χ0n) is 6.98. The van der Waals surface area contributed by atoms with Crippen molar-refractivity contribution >= 4 is 5.69 Å². The van der Waals surface area contributed by atoms with Crippen molar-refractivity contribution in [3.05, 3.63) is 18.3 Å². The predicted octanol–water partition coefficient (Wildman–Crippen LogP) is 1.54. The average Bonchev–Trinajstić information content (AvgIpc) is 2.03. The molecule has 12 heavy (non-hydrogen) atoms. The minimum atomic E-state index is 0.319. The zero-order valence-corrected chi connectivity index (χ0v) is 9.91. The van der Waals surface area contributed by atoms with Gasteiger partial charge in [0.05, 0.1) is 0 Å². The van der Waals surface area contributed by atoms with Gasteiger partial charge in [0.25, 0.3) is 0 Å². The van der Waals surface area contributed by atoms with Gasteiger partial charge in [-0.3, -0.25) is 0 Å². The molecule has 0 N–H and O–H groups in total. The Morgan fingerprint density at radius 2 is 2.08 bits per heavy atom. The van der Waals surface area contributed by atoms with Crippen LogP contribution in [0.3, 0.4) is 0 Å². The Bertz CT molecular complexity index is 297. The molecular formula is C7H9N4W-. The second-order valence-corrected chi connectivity index (χ2v) is 3.37. The van der Waals surface area contributed by atoms with E-state index >= 15 is 0 Å². The molecule has 0 fully saturated rings. The molecule has 5 heteroatoms. The third kappa shape index (κ3) is 1.75. The molecule has 0 atom stereocenters. The van der Waals surface area contributed by atoms with E-state index in [1.807, 2.05) is 13.8 Å². The Kier molecular flexibility index (Phi) is 3.04. The Labute approximate surface area is 82.5 Å². The molecule has 64 valence electrons. The molecule has 0 unspecified atom stereocenters. The van der Waals surface area contributed by atoms with Gasteiger partial charge in [0.15, 0.2) is 0 Å². The van der Waals surface area contributed by atoms with Crippen LogP contribution in [0.15, 0.2) is 3.50 Å². The van der Waals surface area contributed by atoms with Gasteiger partial charge in [-0.25, -0.2) is 0 Å². The van der Waals surface area contributed by atoms with Gasteiger partial charge < -0.3 is 0 Å². The standard InChI is InChI=1S/C7H9N4.W/c1-4(2)7-6(8)5(3)9-11-10-7;/h4H,3H2,1-2H3;/q-1;. The average molecular weight is 333 g/mol. The molecule has 1 aromatic rings. The molecule has 0 spiro atoms. The summed E-state index contributed by atoms with van der Waals surface area (Å²) in [5.74, 6) is 0.319. The van der Waals surface area contributed by atoms with E-state index in [9.17, 15) is 0 Å². The van der Waals surface area contributed by atoms with Gasteiger partial charge in [0.2, 0.25) is 0 Å². The van der Waals surface area contributed by atoms with Crippen molar-refractivity contribution < 1.29 is 19.6 Å². The van der Waals surface area contributed by atoms with Gasteiger partial charge in [-0.05, 0) is 0 Å². The summed E-state index contributed by atoms with van der Waals surface area (Å²) in [5.41, 5.74) is 2.30. The number of hydrogen-bond acceptors (Lipinski definition) is 4. The first kappa shape index (κ1) is 9.46. The number of rotatable bonds is 2. The summed E-state index contributed by atoms with van der Waals surface area (Å²) >= 11 is 1.13. The van der Waals surface area contributed by atoms with Crippen molar-refractivity contribution in [1.82, 2.24) is 15.4 Å². The molecule has 0 aliphatic heterocycles. The first-order valence-electron chi connectivity index (χ1n) is 3.55. The van der Waals surface area contributed by atoms with Crippen LogP contribution in [-0.2, 0) is 19.6 Å². The Morgan fingerprint density at radius 1 is 1.42 bits per heavy atom. The Balaban J connectivity index is 3.27. The van der Waals surface area contributed by atoms with Crippen LogP contribution in [-0.4, -0.2) is 15.4 Å². The van der Waals surface area contributed by atoms with Crippen molar-refractivity contribution in [3.63, 3.8) is 0 Å². The Morgan fingerprint density at radius 3 is 2.50 bits per heavy atom. The number of aromatic nitrogens is 3. The molecule has 1 aromatic heterocycles. The van der Waals surface area contributed by atoms with Crippen LogP contribution in [0.25, 0.3) is 0 Å². The van der Waals surface area contributed by atoms with E-state index in [2.05, 4.69) is 25.8 Å². The van der Waals surface area contributed by atoms with E-state index in [0.717, 1.165) is 31.0 Å². The molecule has 1 heterocycles. The van der Waals surface area contributed by atoms with E-state index in [-0.39, 0.29) is 0 Å². The second-order valence-electron chi connectivity index (χ2n) is 2.72. The van der Waals surface area contributed by atoms with Crippen LogP contribution in [0.5, 0.6) is 0 Å². The van der Waals surface area contributed by atoms with E-state index in [1.54, 1.807) is 0 Å². The molecule has 0 aromatic carbocycles. The molecule has 0 aliphatic rings. The Hall–Kier alpha value is -0.632. The summed E-state index contributed by atoms with van der Waals surface area (Å²) in [4.78, 5) is 0. The SMILES string of the molecule is [CH2-]c1nnnc(C(C)C)c1[N]=[W]. The van der Waals surface area contributed by atoms with Crippen molar-refractivity contribution in [1.29, 1.82) is 0 Å². The molecule has 0 bridgehead atoms. The molecule has 0 saturated heterocycles. The quantitative estimate of drug-likeness (QED) is 0.772. The van der Waals surface area contributed by atoms with E-state index in [1.165, 1.54) is 0 Å². The predicted molar refractivity (Wildman–Crippen MR) is 40.5 cm³/mol. The normalized spacial score (nSPS) is 10.2. The van der Waals surface area contributed by atoms with Gasteiger partial charge in [-0.2, -0.15) is 0 Å². The van der Waals surface area contributed by atoms with Crippen molar-refractivity contribution in [2.24, 2.45) is 3.50 Å². The second kappa shape index (κ2) is 3.85. The zero-order chi connectivity index (χ0) is 9.14. The summed E-state index contributed by atoms with van der Waals surface area (Å²) in [6.07, 6.45) is 0. The molecular weight excluding hydrogens is 324 g/mol. The summed E-state index contributed by atoms with van der Waals surface area (Å²) < 4.78 is 4.15. The third-order valence-corrected chi connectivity index (χ3v) is 2.13. The first-order valence-corrected chi connectivity index (χ1v) is 4.86. The van der Waals surface area contributed by atoms with Gasteiger partial charge in [-0.1, -0.05) is 0 Å².